The summed E-state index contributed by atoms with van der Waals surface area (Å²) in [5.41, 5.74) is 8.53. The summed E-state index contributed by atoms with van der Waals surface area (Å²) in [6, 6.07) is -1.93. The number of nitrogens with two attached hydrogens (primary N) is 2. The van der Waals surface area contributed by atoms with Gasteiger partial charge in [0.2, 0.25) is 0 Å². The third-order valence-corrected chi connectivity index (χ3v) is 7.08. The van der Waals surface area contributed by atoms with Gasteiger partial charge in [-0.25, -0.2) is 29.1 Å². The van der Waals surface area contributed by atoms with Crippen molar-refractivity contribution in [2.75, 3.05) is 0 Å². The van der Waals surface area contributed by atoms with Gasteiger partial charge in [0.05, 0.1) is 10.0 Å². The molecule has 15 nitrogen and oxygen atoms in total. The Bertz CT molecular complexity index is 1400. The number of hydrogen-bond donors (Lipinski definition) is 4. The van der Waals surface area contributed by atoms with Crippen molar-refractivity contribution in [3.05, 3.63) is 32.2 Å². The van der Waals surface area contributed by atoms with Crippen LogP contribution in [-0.4, -0.2) is 79.5 Å². The van der Waals surface area contributed by atoms with Crippen LogP contribution in [0.4, 0.5) is 9.59 Å². The number of amides is 3. The van der Waals surface area contributed by atoms with E-state index in [-0.39, 0.29) is 23.5 Å². The number of thiazole rings is 2. The first-order valence-electron chi connectivity index (χ1n) is 15.5. The summed E-state index contributed by atoms with van der Waals surface area (Å²) in [5, 5.41) is 9.33. The first-order chi connectivity index (χ1) is 22.5. The third-order valence-electron chi connectivity index (χ3n) is 5.13. The molecule has 0 saturated carbocycles. The lowest BCUT2D eigenvalue weighted by molar-refractivity contribution is -0.158. The molecule has 50 heavy (non-hydrogen) atoms. The number of aromatic nitrogens is 2. The Labute approximate surface area is 306 Å². The Balaban J connectivity index is 0.000000500. The monoisotopic (exact) mass is 758 g/mol. The molecule has 0 aliphatic carbocycles. The van der Waals surface area contributed by atoms with Gasteiger partial charge in [0.1, 0.15) is 50.9 Å². The van der Waals surface area contributed by atoms with Crippen LogP contribution in [0.5, 0.6) is 0 Å². The first kappa shape index (κ1) is 44.1. The summed E-state index contributed by atoms with van der Waals surface area (Å²) >= 11 is 7.36. The minimum atomic E-state index is -0.999. The predicted molar refractivity (Wildman–Crippen MR) is 194 cm³/mol. The minimum absolute atomic E-state index is 0.0616. The lowest BCUT2D eigenvalue weighted by atomic mass is 10.1. The fraction of sp³-hybridized carbons (Fsp3) is 0.625. The summed E-state index contributed by atoms with van der Waals surface area (Å²) in [7, 11) is 0. The molecule has 0 aliphatic heterocycles. The van der Waals surface area contributed by atoms with Crippen LogP contribution < -0.4 is 22.1 Å². The Morgan fingerprint density at radius 2 is 0.960 bits per heavy atom. The molecule has 18 heteroatoms. The van der Waals surface area contributed by atoms with Crippen molar-refractivity contribution in [1.29, 1.82) is 0 Å². The second-order valence-electron chi connectivity index (χ2n) is 14.9. The van der Waals surface area contributed by atoms with Gasteiger partial charge in [-0.2, -0.15) is 0 Å². The topological polar surface area (TPSA) is 224 Å². The minimum Gasteiger partial charge on any atom is -0.458 e. The lowest BCUT2D eigenvalue weighted by Crippen LogP contribution is -2.47. The quantitative estimate of drug-likeness (QED) is 0.148. The van der Waals surface area contributed by atoms with Gasteiger partial charge in [-0.05, 0) is 83.1 Å². The fourth-order valence-corrected chi connectivity index (χ4v) is 5.27. The maximum atomic E-state index is 12.4. The van der Waals surface area contributed by atoms with Crippen LogP contribution in [0.25, 0.3) is 0 Å². The third kappa shape index (κ3) is 18.7. The van der Waals surface area contributed by atoms with Crippen LogP contribution in [0, 0.1) is 0 Å². The molecule has 2 atom stereocenters. The lowest BCUT2D eigenvalue weighted by Gasteiger charge is -2.26. The average Bonchev–Trinajstić information content (AvgIpc) is 3.54. The second kappa shape index (κ2) is 17.8. The summed E-state index contributed by atoms with van der Waals surface area (Å²) in [5.74, 6) is -1.84. The zero-order valence-electron chi connectivity index (χ0n) is 30.7. The van der Waals surface area contributed by atoms with Crippen molar-refractivity contribution in [1.82, 2.24) is 20.6 Å². The van der Waals surface area contributed by atoms with Gasteiger partial charge in [-0.1, -0.05) is 12.2 Å². The molecule has 0 spiro atoms. The van der Waals surface area contributed by atoms with E-state index >= 15 is 0 Å². The highest BCUT2D eigenvalue weighted by Crippen LogP contribution is 2.18. The normalized spacial score (nSPS) is 13.0. The summed E-state index contributed by atoms with van der Waals surface area (Å²) < 4.78 is 21.1. The molecule has 280 valence electrons. The van der Waals surface area contributed by atoms with E-state index < -0.39 is 64.5 Å². The molecular weight excluding hydrogens is 709 g/mol. The molecule has 0 unspecified atom stereocenters. The van der Waals surface area contributed by atoms with E-state index in [0.29, 0.717) is 15.7 Å². The first-order valence-corrected chi connectivity index (χ1v) is 17.6. The van der Waals surface area contributed by atoms with E-state index in [2.05, 4.69) is 20.6 Å². The van der Waals surface area contributed by atoms with Crippen molar-refractivity contribution in [2.24, 2.45) is 11.5 Å². The highest BCUT2D eigenvalue weighted by atomic mass is 32.1. The molecule has 0 fully saturated rings. The van der Waals surface area contributed by atoms with E-state index in [0.717, 1.165) is 0 Å². The maximum absolute atomic E-state index is 12.4. The highest BCUT2D eigenvalue weighted by Gasteiger charge is 2.31. The predicted octanol–water partition coefficient (Wildman–Crippen LogP) is 4.57. The van der Waals surface area contributed by atoms with Crippen LogP contribution >= 0.6 is 34.9 Å². The van der Waals surface area contributed by atoms with E-state index in [1.807, 2.05) is 0 Å². The van der Waals surface area contributed by atoms with Gasteiger partial charge in [0.15, 0.2) is 0 Å². The summed E-state index contributed by atoms with van der Waals surface area (Å²) in [6.07, 6.45) is -1.22. The van der Waals surface area contributed by atoms with Gasteiger partial charge in [0.25, 0.3) is 5.91 Å². The molecule has 2 heterocycles. The molecular formula is C32H50N6O9S3. The number of rotatable bonds is 10. The van der Waals surface area contributed by atoms with E-state index in [9.17, 15) is 24.0 Å². The number of thiocarbonyl (C=S) groups is 1. The molecule has 6 N–H and O–H groups in total. The number of alkyl carbamates (subject to hydrolysis) is 2. The highest BCUT2D eigenvalue weighted by molar-refractivity contribution is 7.80. The van der Waals surface area contributed by atoms with Crippen LogP contribution in [0.2, 0.25) is 0 Å². The van der Waals surface area contributed by atoms with Gasteiger partial charge in [-0.15, -0.1) is 22.7 Å². The Kier molecular flexibility index (Phi) is 15.8. The van der Waals surface area contributed by atoms with E-state index in [1.54, 1.807) is 88.5 Å². The van der Waals surface area contributed by atoms with Crippen LogP contribution in [0.15, 0.2) is 10.8 Å². The number of ether oxygens (including phenoxy) is 4. The number of nitrogens with zero attached hydrogens (tertiary/aromatic N) is 2. The second-order valence-corrected chi connectivity index (χ2v) is 17.2. The average molecular weight is 759 g/mol. The SMILES string of the molecule is CC(C)(C)OC(=O)N[C@@H](Cc1nc(C(N)=O)cs1)C(=O)OC(C)(C)C.CC(C)(C)OC(=O)N[C@@H](Cc1nc(C(N)=S)cs1)C(=O)OC(C)(C)C. The van der Waals surface area contributed by atoms with Gasteiger partial charge < -0.3 is 41.0 Å². The zero-order valence-corrected chi connectivity index (χ0v) is 33.1. The van der Waals surface area contributed by atoms with Crippen LogP contribution in [0.3, 0.4) is 0 Å². The Morgan fingerprint density at radius 3 is 1.22 bits per heavy atom. The molecule has 2 aromatic rings. The number of esters is 2. The smallest absolute Gasteiger partial charge is 0.408 e. The van der Waals surface area contributed by atoms with Gasteiger partial charge in [-0.3, -0.25) is 4.79 Å². The molecule has 0 radical (unpaired) electrons. The number of primary amides is 1. The number of carbonyl (C=O) groups excluding carboxylic acids is 5. The Morgan fingerprint density at radius 1 is 0.640 bits per heavy atom. The molecule has 0 aromatic carbocycles. The Hall–Kier alpha value is -3.90. The molecule has 2 aromatic heterocycles. The molecule has 2 rings (SSSR count). The largest absolute Gasteiger partial charge is 0.458 e. The van der Waals surface area contributed by atoms with Crippen molar-refractivity contribution in [3.63, 3.8) is 0 Å². The van der Waals surface area contributed by atoms with E-state index in [4.69, 9.17) is 42.6 Å². The number of hydrogen-bond acceptors (Lipinski definition) is 14. The molecule has 3 amide bonds. The van der Waals surface area contributed by atoms with Crippen molar-refractivity contribution in [2.45, 2.75) is 130 Å². The molecule has 0 aliphatic rings. The van der Waals surface area contributed by atoms with E-state index in [1.165, 1.54) is 28.1 Å². The van der Waals surface area contributed by atoms with Gasteiger partial charge >= 0.3 is 24.1 Å². The van der Waals surface area contributed by atoms with Crippen molar-refractivity contribution >= 4 is 69.9 Å². The van der Waals surface area contributed by atoms with Gasteiger partial charge in [0, 0.05) is 23.6 Å². The maximum Gasteiger partial charge on any atom is 0.408 e. The zero-order chi connectivity index (χ0) is 38.8. The molecule has 0 bridgehead atoms. The number of carbonyl (C=O) groups is 5. The summed E-state index contributed by atoms with van der Waals surface area (Å²) in [4.78, 5) is 68.5. The molecule has 0 saturated heterocycles. The van der Waals surface area contributed by atoms with Crippen molar-refractivity contribution < 1.29 is 42.9 Å². The standard InChI is InChI=1S/C16H25N3O5S.C16H25N3O4S2/c1-15(2,3)23-13(21)9(19-14(22)24-16(4,5)6)7-11-18-10(8-25-11)12(17)20;1-15(2,3)22-13(20)9(19-14(21)23-16(4,5)6)7-11-18-10(8-25-11)12(17)24/h8-9H,7H2,1-6H3,(H2,17,20)(H,19,22);8-9H,7H2,1-6H3,(H2,17,24)(H,19,21)/t2*9-/m00/s1. The van der Waals surface area contributed by atoms with Crippen LogP contribution in [0.1, 0.15) is 109 Å². The number of nitrogens with one attached hydrogen (secondary N) is 2. The van der Waals surface area contributed by atoms with Crippen LogP contribution in [-0.2, 0) is 41.4 Å². The summed E-state index contributed by atoms with van der Waals surface area (Å²) in [6.45, 7) is 20.8. The fourth-order valence-electron chi connectivity index (χ4n) is 3.42. The van der Waals surface area contributed by atoms with Crippen molar-refractivity contribution in [3.8, 4) is 0 Å².